The van der Waals surface area contributed by atoms with Gasteiger partial charge in [0.25, 0.3) is 0 Å². The quantitative estimate of drug-likeness (QED) is 0.865. The van der Waals surface area contributed by atoms with Gasteiger partial charge in [0.15, 0.2) is 0 Å². The lowest BCUT2D eigenvalue weighted by atomic mass is 10.1. The van der Waals surface area contributed by atoms with Crippen molar-refractivity contribution in [1.29, 1.82) is 0 Å². The molecule has 1 heterocycles. The van der Waals surface area contributed by atoms with Crippen molar-refractivity contribution < 1.29 is 9.50 Å². The van der Waals surface area contributed by atoms with E-state index in [1.54, 1.807) is 26.0 Å². The first kappa shape index (κ1) is 11.7. The van der Waals surface area contributed by atoms with Crippen molar-refractivity contribution in [2.24, 2.45) is 0 Å². The molecule has 1 aromatic carbocycles. The smallest absolute Gasteiger partial charge is 0.149 e. The molecule has 5 heteroatoms. The van der Waals surface area contributed by atoms with Gasteiger partial charge in [0.05, 0.1) is 6.20 Å². The Kier molecular flexibility index (Phi) is 2.71. The largest absolute Gasteiger partial charge is 0.384 e. The molecule has 0 spiro atoms. The summed E-state index contributed by atoms with van der Waals surface area (Å²) in [4.78, 5) is 0. The molecule has 0 aliphatic carbocycles. The Balaban J connectivity index is 2.44. The highest BCUT2D eigenvalue weighted by atomic mass is 19.1. The second kappa shape index (κ2) is 3.92. The summed E-state index contributed by atoms with van der Waals surface area (Å²) in [7, 11) is 0. The minimum absolute atomic E-state index is 0.318. The number of nitrogens with zero attached hydrogens (tertiary/aromatic N) is 3. The molecule has 0 saturated carbocycles. The van der Waals surface area contributed by atoms with Crippen LogP contribution in [-0.4, -0.2) is 20.1 Å². The van der Waals surface area contributed by atoms with E-state index in [-0.39, 0.29) is 5.82 Å². The number of aliphatic hydroxyl groups is 1. The number of hydrogen-bond acceptors (Lipinski definition) is 3. The van der Waals surface area contributed by atoms with Gasteiger partial charge < -0.3 is 5.11 Å². The van der Waals surface area contributed by atoms with E-state index in [9.17, 15) is 9.50 Å². The molecule has 0 fully saturated rings. The molecule has 0 atom stereocenters. The third-order valence-electron chi connectivity index (χ3n) is 2.47. The molecule has 0 radical (unpaired) electrons. The molecule has 0 saturated heterocycles. The maximum Gasteiger partial charge on any atom is 0.149 e. The summed E-state index contributed by atoms with van der Waals surface area (Å²) < 4.78 is 15.0. The third kappa shape index (κ3) is 2.34. The second-order valence-electron chi connectivity index (χ2n) is 4.56. The summed E-state index contributed by atoms with van der Waals surface area (Å²) in [5.41, 5.74) is 0.476. The van der Waals surface area contributed by atoms with Crippen LogP contribution in [0, 0.1) is 12.7 Å². The minimum atomic E-state index is -1.08. The van der Waals surface area contributed by atoms with Gasteiger partial charge in [-0.1, -0.05) is 11.3 Å². The van der Waals surface area contributed by atoms with E-state index in [2.05, 4.69) is 10.3 Å². The van der Waals surface area contributed by atoms with Gasteiger partial charge in [-0.2, -0.15) is 0 Å². The van der Waals surface area contributed by atoms with Crippen LogP contribution >= 0.6 is 0 Å². The lowest BCUT2D eigenvalue weighted by molar-refractivity contribution is 0.0737. The van der Waals surface area contributed by atoms with Crippen LogP contribution in [0.1, 0.15) is 25.1 Å². The topological polar surface area (TPSA) is 50.9 Å². The zero-order valence-electron chi connectivity index (χ0n) is 9.98. The van der Waals surface area contributed by atoms with Crippen molar-refractivity contribution in [2.45, 2.75) is 26.4 Å². The summed E-state index contributed by atoms with van der Waals surface area (Å²) in [5, 5.41) is 17.4. The van der Waals surface area contributed by atoms with E-state index in [4.69, 9.17) is 0 Å². The van der Waals surface area contributed by atoms with Crippen molar-refractivity contribution in [2.75, 3.05) is 0 Å². The SMILES string of the molecule is Cc1ccc(-n2cc(C(C)(C)O)nn2)c(F)c1. The van der Waals surface area contributed by atoms with Crippen LogP contribution in [0.3, 0.4) is 0 Å². The maximum absolute atomic E-state index is 13.7. The van der Waals surface area contributed by atoms with Gasteiger partial charge in [-0.05, 0) is 38.5 Å². The van der Waals surface area contributed by atoms with Crippen LogP contribution in [0.4, 0.5) is 4.39 Å². The van der Waals surface area contributed by atoms with Crippen LogP contribution in [-0.2, 0) is 5.60 Å². The van der Waals surface area contributed by atoms with Crippen LogP contribution in [0.15, 0.2) is 24.4 Å². The number of aromatic nitrogens is 3. The Labute approximate surface area is 98.7 Å². The Morgan fingerprint density at radius 1 is 1.35 bits per heavy atom. The molecule has 0 amide bonds. The molecule has 4 nitrogen and oxygen atoms in total. The molecule has 2 aromatic rings. The van der Waals surface area contributed by atoms with Gasteiger partial charge in [-0.15, -0.1) is 5.10 Å². The maximum atomic E-state index is 13.7. The Hall–Kier alpha value is -1.75. The fraction of sp³-hybridized carbons (Fsp3) is 0.333. The number of halogens is 1. The Morgan fingerprint density at radius 2 is 2.06 bits per heavy atom. The van der Waals surface area contributed by atoms with Crippen molar-refractivity contribution in [3.05, 3.63) is 41.5 Å². The molecule has 0 aliphatic rings. The molecule has 0 bridgehead atoms. The lowest BCUT2D eigenvalue weighted by Gasteiger charge is -2.11. The van der Waals surface area contributed by atoms with Gasteiger partial charge in [0.1, 0.15) is 22.8 Å². The van der Waals surface area contributed by atoms with Gasteiger partial charge >= 0.3 is 0 Å². The van der Waals surface area contributed by atoms with Crippen LogP contribution < -0.4 is 0 Å². The van der Waals surface area contributed by atoms with Gasteiger partial charge in [-0.3, -0.25) is 0 Å². The average Bonchev–Trinajstić information content (AvgIpc) is 2.65. The van der Waals surface area contributed by atoms with Crippen molar-refractivity contribution in [3.63, 3.8) is 0 Å². The number of rotatable bonds is 2. The number of hydrogen-bond donors (Lipinski definition) is 1. The Morgan fingerprint density at radius 3 is 2.59 bits per heavy atom. The molecule has 17 heavy (non-hydrogen) atoms. The second-order valence-corrected chi connectivity index (χ2v) is 4.56. The van der Waals surface area contributed by atoms with E-state index in [0.29, 0.717) is 11.4 Å². The van der Waals surface area contributed by atoms with E-state index in [1.807, 2.05) is 6.92 Å². The molecule has 1 aromatic heterocycles. The molecular weight excluding hydrogens is 221 g/mol. The van der Waals surface area contributed by atoms with Gasteiger partial charge in [-0.25, -0.2) is 9.07 Å². The van der Waals surface area contributed by atoms with Gasteiger partial charge in [0.2, 0.25) is 0 Å². The summed E-state index contributed by atoms with van der Waals surface area (Å²) in [6.07, 6.45) is 1.52. The van der Waals surface area contributed by atoms with E-state index in [1.165, 1.54) is 16.9 Å². The summed E-state index contributed by atoms with van der Waals surface area (Å²) >= 11 is 0. The average molecular weight is 235 g/mol. The molecule has 0 aliphatic heterocycles. The molecule has 1 N–H and O–H groups in total. The van der Waals surface area contributed by atoms with Crippen molar-refractivity contribution in [1.82, 2.24) is 15.0 Å². The van der Waals surface area contributed by atoms with Crippen LogP contribution in [0.25, 0.3) is 5.69 Å². The fourth-order valence-electron chi connectivity index (χ4n) is 1.46. The first-order valence-electron chi connectivity index (χ1n) is 5.29. The molecule has 0 unspecified atom stereocenters. The molecule has 90 valence electrons. The predicted octanol–water partition coefficient (Wildman–Crippen LogP) is 1.94. The Bertz CT molecular complexity index is 543. The zero-order chi connectivity index (χ0) is 12.6. The highest BCUT2D eigenvalue weighted by Crippen LogP contribution is 2.19. The van der Waals surface area contributed by atoms with Crippen LogP contribution in [0.5, 0.6) is 0 Å². The first-order valence-corrected chi connectivity index (χ1v) is 5.29. The summed E-state index contributed by atoms with van der Waals surface area (Å²) in [6, 6.07) is 4.86. The first-order chi connectivity index (χ1) is 7.88. The van der Waals surface area contributed by atoms with Crippen LogP contribution in [0.2, 0.25) is 0 Å². The number of benzene rings is 1. The minimum Gasteiger partial charge on any atom is -0.384 e. The van der Waals surface area contributed by atoms with E-state index >= 15 is 0 Å². The van der Waals surface area contributed by atoms with Gasteiger partial charge in [0, 0.05) is 0 Å². The highest BCUT2D eigenvalue weighted by molar-refractivity contribution is 5.35. The summed E-state index contributed by atoms with van der Waals surface area (Å²) in [6.45, 7) is 5.02. The third-order valence-corrected chi connectivity index (χ3v) is 2.47. The molecule has 2 rings (SSSR count). The monoisotopic (exact) mass is 235 g/mol. The standard InChI is InChI=1S/C12H14FN3O/c1-8-4-5-10(9(13)6-8)16-7-11(14-15-16)12(2,3)17/h4-7,17H,1-3H3. The van der Waals surface area contributed by atoms with Crippen molar-refractivity contribution in [3.8, 4) is 5.69 Å². The summed E-state index contributed by atoms with van der Waals surface area (Å²) in [5.74, 6) is -0.364. The highest BCUT2D eigenvalue weighted by Gasteiger charge is 2.20. The zero-order valence-corrected chi connectivity index (χ0v) is 9.98. The normalized spacial score (nSPS) is 11.8. The van der Waals surface area contributed by atoms with Crippen molar-refractivity contribution >= 4 is 0 Å². The lowest BCUT2D eigenvalue weighted by Crippen LogP contribution is -2.15. The van der Waals surface area contributed by atoms with E-state index in [0.717, 1.165) is 5.56 Å². The van der Waals surface area contributed by atoms with E-state index < -0.39 is 5.60 Å². The fourth-order valence-corrected chi connectivity index (χ4v) is 1.46. The number of aryl methyl sites for hydroxylation is 1. The predicted molar refractivity (Wildman–Crippen MR) is 61.3 cm³/mol. The molecular formula is C12H14FN3O.